The molecule has 0 saturated carbocycles. The number of pyridine rings is 1. The summed E-state index contributed by atoms with van der Waals surface area (Å²) >= 11 is 0. The molecule has 4 rings (SSSR count). The number of nitrogens with zero attached hydrogens (tertiary/aromatic N) is 2. The number of piperidine rings is 1. The number of hydrogen-bond donors (Lipinski definition) is 1. The Bertz CT molecular complexity index is 1080. The quantitative estimate of drug-likeness (QED) is 0.497. The second-order valence-corrected chi connectivity index (χ2v) is 7.75. The zero-order valence-corrected chi connectivity index (χ0v) is 17.6. The average Bonchev–Trinajstić information content (AvgIpc) is 2.81. The Balaban J connectivity index is 1.28. The second-order valence-electron chi connectivity index (χ2n) is 7.75. The van der Waals surface area contributed by atoms with E-state index in [9.17, 15) is 18.0 Å². The number of amides is 1. The van der Waals surface area contributed by atoms with Gasteiger partial charge in [-0.3, -0.25) is 0 Å². The van der Waals surface area contributed by atoms with E-state index >= 15 is 0 Å². The summed E-state index contributed by atoms with van der Waals surface area (Å²) in [5.74, 6) is 1.10. The first kappa shape index (κ1) is 22.4. The van der Waals surface area contributed by atoms with Crippen molar-refractivity contribution in [2.75, 3.05) is 18.8 Å². The van der Waals surface area contributed by atoms with Gasteiger partial charge in [0.05, 0.1) is 5.56 Å². The molecule has 2 aromatic carbocycles. The van der Waals surface area contributed by atoms with E-state index in [1.165, 1.54) is 5.56 Å². The van der Waals surface area contributed by atoms with E-state index in [0.29, 0.717) is 36.7 Å². The smallest absolute Gasteiger partial charge is 0.417 e. The van der Waals surface area contributed by atoms with Gasteiger partial charge in [-0.1, -0.05) is 12.1 Å². The minimum Gasteiger partial charge on any atom is -0.439 e. The van der Waals surface area contributed by atoms with Crippen LogP contribution in [-0.2, 0) is 6.18 Å². The Labute approximate surface area is 188 Å². The summed E-state index contributed by atoms with van der Waals surface area (Å²) in [6.45, 7) is 1.18. The molecule has 0 atom stereocenters. The lowest BCUT2D eigenvalue weighted by Crippen LogP contribution is -2.39. The minimum absolute atomic E-state index is 0.0247. The molecule has 0 radical (unpaired) electrons. The van der Waals surface area contributed by atoms with Gasteiger partial charge in [-0.2, -0.15) is 13.2 Å². The van der Waals surface area contributed by atoms with Gasteiger partial charge in [0.1, 0.15) is 11.5 Å². The first-order chi connectivity index (χ1) is 15.8. The summed E-state index contributed by atoms with van der Waals surface area (Å²) in [6.07, 6.45) is -2.49. The molecule has 1 aromatic heterocycles. The summed E-state index contributed by atoms with van der Waals surface area (Å²) in [4.78, 5) is 17.8. The maximum absolute atomic E-state index is 12.6. The molecule has 0 bridgehead atoms. The molecule has 2 N–H and O–H groups in total. The summed E-state index contributed by atoms with van der Waals surface area (Å²) < 4.78 is 48.7. The molecule has 172 valence electrons. The molecule has 2 heterocycles. The number of benzene rings is 2. The first-order valence-corrected chi connectivity index (χ1v) is 10.4. The third kappa shape index (κ3) is 5.74. The maximum atomic E-state index is 12.6. The Morgan fingerprint density at radius 2 is 1.58 bits per heavy atom. The van der Waals surface area contributed by atoms with Crippen LogP contribution in [0.2, 0.25) is 0 Å². The lowest BCUT2D eigenvalue weighted by Gasteiger charge is -2.31. The van der Waals surface area contributed by atoms with Crippen LogP contribution in [0, 0.1) is 0 Å². The lowest BCUT2D eigenvalue weighted by atomic mass is 9.89. The van der Waals surface area contributed by atoms with Gasteiger partial charge in [0.15, 0.2) is 0 Å². The maximum Gasteiger partial charge on any atom is 0.417 e. The molecule has 0 spiro atoms. The zero-order chi connectivity index (χ0) is 23.4. The Morgan fingerprint density at radius 3 is 2.15 bits per heavy atom. The van der Waals surface area contributed by atoms with E-state index in [1.807, 2.05) is 24.3 Å². The number of likely N-dealkylation sites (tertiary alicyclic amines) is 1. The highest BCUT2D eigenvalue weighted by molar-refractivity contribution is 5.71. The molecule has 1 aliphatic heterocycles. The molecule has 3 aromatic rings. The van der Waals surface area contributed by atoms with Crippen LogP contribution in [0.4, 0.5) is 23.7 Å². The number of nitrogen functional groups attached to an aromatic ring is 1. The zero-order valence-electron chi connectivity index (χ0n) is 17.6. The number of carbonyl (C=O) groups is 1. The van der Waals surface area contributed by atoms with Crippen LogP contribution in [0.5, 0.6) is 17.4 Å². The normalized spacial score (nSPS) is 14.7. The van der Waals surface area contributed by atoms with Gasteiger partial charge in [0.2, 0.25) is 5.88 Å². The van der Waals surface area contributed by atoms with Crippen LogP contribution >= 0.6 is 0 Å². The highest BCUT2D eigenvalue weighted by atomic mass is 19.4. The Hall–Kier alpha value is -3.75. The van der Waals surface area contributed by atoms with E-state index < -0.39 is 17.8 Å². The van der Waals surface area contributed by atoms with Gasteiger partial charge in [0.25, 0.3) is 0 Å². The van der Waals surface area contributed by atoms with Gasteiger partial charge in [0, 0.05) is 31.0 Å². The van der Waals surface area contributed by atoms with E-state index in [1.54, 1.807) is 29.2 Å². The van der Waals surface area contributed by atoms with Gasteiger partial charge in [-0.05, 0) is 66.8 Å². The molecule has 0 aliphatic carbocycles. The fourth-order valence-corrected chi connectivity index (χ4v) is 3.63. The van der Waals surface area contributed by atoms with Crippen molar-refractivity contribution in [2.45, 2.75) is 24.9 Å². The number of hydrogen-bond acceptors (Lipinski definition) is 5. The van der Waals surface area contributed by atoms with Crippen LogP contribution in [0.3, 0.4) is 0 Å². The number of carbonyl (C=O) groups excluding carboxylic acids is 1. The molecule has 1 aliphatic rings. The van der Waals surface area contributed by atoms with Gasteiger partial charge in [-0.15, -0.1) is 0 Å². The highest BCUT2D eigenvalue weighted by Crippen LogP contribution is 2.31. The fraction of sp³-hybridized carbons (Fsp3) is 0.250. The number of halogens is 3. The summed E-state index contributed by atoms with van der Waals surface area (Å²) in [5.41, 5.74) is 6.84. The van der Waals surface area contributed by atoms with Crippen molar-refractivity contribution in [3.8, 4) is 17.4 Å². The van der Waals surface area contributed by atoms with Crippen molar-refractivity contribution in [2.24, 2.45) is 0 Å². The van der Waals surface area contributed by atoms with E-state index in [-0.39, 0.29) is 5.88 Å². The summed E-state index contributed by atoms with van der Waals surface area (Å²) in [6, 6.07) is 16.1. The predicted octanol–water partition coefficient (Wildman–Crippen LogP) is 5.85. The molecule has 33 heavy (non-hydrogen) atoms. The minimum atomic E-state index is -4.46. The Kier molecular flexibility index (Phi) is 6.39. The topological polar surface area (TPSA) is 77.7 Å². The molecule has 1 saturated heterocycles. The fourth-order valence-electron chi connectivity index (χ4n) is 3.63. The number of alkyl halides is 3. The van der Waals surface area contributed by atoms with Crippen LogP contribution in [0.1, 0.15) is 29.9 Å². The molecular formula is C24H22F3N3O3. The summed E-state index contributed by atoms with van der Waals surface area (Å²) in [5, 5.41) is 0. The third-order valence-electron chi connectivity index (χ3n) is 5.48. The van der Waals surface area contributed by atoms with Crippen molar-refractivity contribution >= 4 is 11.8 Å². The average molecular weight is 457 g/mol. The Morgan fingerprint density at radius 1 is 0.939 bits per heavy atom. The van der Waals surface area contributed by atoms with Crippen molar-refractivity contribution in [1.82, 2.24) is 9.88 Å². The molecule has 1 fully saturated rings. The molecule has 6 nitrogen and oxygen atoms in total. The molecular weight excluding hydrogens is 435 g/mol. The second kappa shape index (κ2) is 9.40. The SMILES string of the molecule is Nc1ccc(C2CCN(C(=O)Oc3ccc(Oc4ccc(C(F)(F)F)cn4)cc3)CC2)cc1. The van der Waals surface area contributed by atoms with Gasteiger partial charge in [-0.25, -0.2) is 9.78 Å². The monoisotopic (exact) mass is 457 g/mol. The van der Waals surface area contributed by atoms with Gasteiger partial charge >= 0.3 is 12.3 Å². The van der Waals surface area contributed by atoms with Crippen molar-refractivity contribution in [3.63, 3.8) is 0 Å². The van der Waals surface area contributed by atoms with Crippen LogP contribution < -0.4 is 15.2 Å². The molecule has 0 unspecified atom stereocenters. The standard InChI is InChI=1S/C24H22F3N3O3/c25-24(26,27)18-3-10-22(29-15-18)32-20-6-8-21(9-7-20)33-23(31)30-13-11-17(12-14-30)16-1-4-19(28)5-2-16/h1-10,15,17H,11-14,28H2. The number of nitrogens with two attached hydrogens (primary N) is 1. The highest BCUT2D eigenvalue weighted by Gasteiger charge is 2.30. The van der Waals surface area contributed by atoms with E-state index in [0.717, 1.165) is 30.7 Å². The van der Waals surface area contributed by atoms with E-state index in [2.05, 4.69) is 4.98 Å². The van der Waals surface area contributed by atoms with Crippen molar-refractivity contribution in [3.05, 3.63) is 78.0 Å². The molecule has 9 heteroatoms. The first-order valence-electron chi connectivity index (χ1n) is 10.4. The predicted molar refractivity (Wildman–Crippen MR) is 116 cm³/mol. The summed E-state index contributed by atoms with van der Waals surface area (Å²) in [7, 11) is 0. The third-order valence-corrected chi connectivity index (χ3v) is 5.48. The number of rotatable bonds is 4. The van der Waals surface area contributed by atoms with E-state index in [4.69, 9.17) is 15.2 Å². The van der Waals surface area contributed by atoms with Gasteiger partial charge < -0.3 is 20.1 Å². The lowest BCUT2D eigenvalue weighted by molar-refractivity contribution is -0.137. The van der Waals surface area contributed by atoms with Crippen molar-refractivity contribution in [1.29, 1.82) is 0 Å². The van der Waals surface area contributed by atoms with Crippen LogP contribution in [-0.4, -0.2) is 29.1 Å². The molecule has 1 amide bonds. The number of anilines is 1. The van der Waals surface area contributed by atoms with Crippen LogP contribution in [0.25, 0.3) is 0 Å². The largest absolute Gasteiger partial charge is 0.439 e. The van der Waals surface area contributed by atoms with Crippen molar-refractivity contribution < 1.29 is 27.4 Å². The number of ether oxygens (including phenoxy) is 2. The number of aromatic nitrogens is 1. The van der Waals surface area contributed by atoms with Crippen LogP contribution in [0.15, 0.2) is 66.9 Å².